The molecule has 0 atom stereocenters. The summed E-state index contributed by atoms with van der Waals surface area (Å²) in [7, 11) is 1.78. The van der Waals surface area contributed by atoms with Crippen LogP contribution in [0.25, 0.3) is 11.2 Å². The van der Waals surface area contributed by atoms with E-state index in [-0.39, 0.29) is 12.6 Å². The maximum absolute atomic E-state index is 13.0. The van der Waals surface area contributed by atoms with E-state index in [0.717, 1.165) is 12.1 Å². The highest BCUT2D eigenvalue weighted by molar-refractivity contribution is 5.84. The van der Waals surface area contributed by atoms with Crippen LogP contribution in [-0.2, 0) is 19.8 Å². The van der Waals surface area contributed by atoms with Crippen molar-refractivity contribution in [1.82, 2.24) is 29.3 Å². The number of hydrogen-bond acceptors (Lipinski definition) is 6. The normalized spacial score (nSPS) is 12.0. The average molecular weight is 430 g/mol. The third-order valence-electron chi connectivity index (χ3n) is 4.75. The van der Waals surface area contributed by atoms with Gasteiger partial charge in [0.15, 0.2) is 17.0 Å². The molecule has 0 spiro atoms. The maximum atomic E-state index is 13.0. The van der Waals surface area contributed by atoms with Crippen LogP contribution in [-0.4, -0.2) is 29.3 Å². The lowest BCUT2D eigenvalue weighted by Gasteiger charge is -2.13. The molecule has 3 aromatic heterocycles. The molecule has 4 rings (SSSR count). The van der Waals surface area contributed by atoms with E-state index in [9.17, 15) is 13.2 Å². The molecule has 0 fully saturated rings. The van der Waals surface area contributed by atoms with Crippen molar-refractivity contribution in [1.29, 1.82) is 0 Å². The second-order valence-corrected chi connectivity index (χ2v) is 7.33. The second-order valence-electron chi connectivity index (χ2n) is 7.33. The Labute approximate surface area is 176 Å². The fourth-order valence-electron chi connectivity index (χ4n) is 3.13. The minimum absolute atomic E-state index is 0.112. The molecule has 0 saturated carbocycles. The second kappa shape index (κ2) is 7.89. The highest BCUT2D eigenvalue weighted by Crippen LogP contribution is 2.30. The molecule has 4 aromatic rings. The van der Waals surface area contributed by atoms with Crippen molar-refractivity contribution in [2.75, 3.05) is 10.6 Å². The molecule has 0 aliphatic carbocycles. The molecule has 0 aliphatic heterocycles. The fourth-order valence-corrected chi connectivity index (χ4v) is 3.13. The summed E-state index contributed by atoms with van der Waals surface area (Å²) in [6, 6.07) is 7.07. The summed E-state index contributed by atoms with van der Waals surface area (Å²) in [4.78, 5) is 13.5. The van der Waals surface area contributed by atoms with Gasteiger partial charge >= 0.3 is 6.18 Å². The number of halogens is 3. The number of hydrogen-bond donors (Lipinski definition) is 2. The summed E-state index contributed by atoms with van der Waals surface area (Å²) in [5.41, 5.74) is 0.936. The van der Waals surface area contributed by atoms with Crippen LogP contribution in [0.15, 0.2) is 42.9 Å². The number of imidazole rings is 1. The van der Waals surface area contributed by atoms with Gasteiger partial charge in [0.2, 0.25) is 5.95 Å². The lowest BCUT2D eigenvalue weighted by Crippen LogP contribution is -2.10. The molecular weight excluding hydrogens is 409 g/mol. The van der Waals surface area contributed by atoms with Crippen LogP contribution in [0.1, 0.15) is 31.0 Å². The number of rotatable bonds is 6. The van der Waals surface area contributed by atoms with Gasteiger partial charge in [0.05, 0.1) is 18.1 Å². The van der Waals surface area contributed by atoms with Crippen LogP contribution in [0.4, 0.5) is 30.8 Å². The number of nitrogens with one attached hydrogen (secondary N) is 2. The Balaban J connectivity index is 1.68. The highest BCUT2D eigenvalue weighted by Gasteiger charge is 2.30. The van der Waals surface area contributed by atoms with Crippen molar-refractivity contribution in [3.05, 3.63) is 54.0 Å². The molecular formula is C20H21F3N8. The molecule has 0 saturated heterocycles. The average Bonchev–Trinajstić information content (AvgIpc) is 3.32. The number of aryl methyl sites for hydroxylation is 1. The van der Waals surface area contributed by atoms with Gasteiger partial charge in [-0.25, -0.2) is 4.98 Å². The summed E-state index contributed by atoms with van der Waals surface area (Å²) in [5.74, 6) is 1.44. The van der Waals surface area contributed by atoms with Crippen molar-refractivity contribution >= 4 is 28.7 Å². The van der Waals surface area contributed by atoms with E-state index in [2.05, 4.69) is 30.7 Å². The van der Waals surface area contributed by atoms with Crippen LogP contribution in [0.2, 0.25) is 0 Å². The zero-order valence-electron chi connectivity index (χ0n) is 17.1. The van der Waals surface area contributed by atoms with E-state index in [4.69, 9.17) is 0 Å². The first-order chi connectivity index (χ1) is 14.7. The maximum Gasteiger partial charge on any atom is 0.416 e. The summed E-state index contributed by atoms with van der Waals surface area (Å²) < 4.78 is 42.6. The molecule has 11 heteroatoms. The molecule has 0 radical (unpaired) electrons. The number of alkyl halides is 3. The van der Waals surface area contributed by atoms with Crippen molar-refractivity contribution in [2.24, 2.45) is 7.05 Å². The molecule has 3 heterocycles. The topological polar surface area (TPSA) is 85.5 Å². The Morgan fingerprint density at radius 3 is 2.61 bits per heavy atom. The molecule has 0 unspecified atom stereocenters. The number of aromatic nitrogens is 6. The van der Waals surface area contributed by atoms with Gasteiger partial charge in [0.25, 0.3) is 0 Å². The lowest BCUT2D eigenvalue weighted by molar-refractivity contribution is -0.137. The van der Waals surface area contributed by atoms with Crippen LogP contribution in [0.5, 0.6) is 0 Å². The van der Waals surface area contributed by atoms with Gasteiger partial charge in [-0.2, -0.15) is 28.2 Å². The summed E-state index contributed by atoms with van der Waals surface area (Å²) in [6.07, 6.45) is -1.08. The zero-order chi connectivity index (χ0) is 22.2. The van der Waals surface area contributed by atoms with Gasteiger partial charge in [0.1, 0.15) is 5.82 Å². The smallest absolute Gasteiger partial charge is 0.364 e. The fraction of sp³-hybridized carbons (Fsp3) is 0.300. The van der Waals surface area contributed by atoms with E-state index in [1.165, 1.54) is 6.07 Å². The van der Waals surface area contributed by atoms with Crippen molar-refractivity contribution < 1.29 is 13.2 Å². The number of benzene rings is 1. The molecule has 0 bridgehead atoms. The Hall–Kier alpha value is -3.63. The van der Waals surface area contributed by atoms with Gasteiger partial charge < -0.3 is 15.2 Å². The van der Waals surface area contributed by atoms with E-state index in [1.807, 2.05) is 18.4 Å². The standard InChI is InChI=1S/C20H21F3N8/c1-12(2)31-11-25-16-17(24-10-13-5-4-6-14(9-13)20(21,22)23)28-19(29-18(16)31)27-15-7-8-26-30(15)3/h4-9,11-12H,10H2,1-3H3,(H2,24,27,28,29). The molecule has 8 nitrogen and oxygen atoms in total. The minimum atomic E-state index is -4.39. The van der Waals surface area contributed by atoms with Gasteiger partial charge in [-0.1, -0.05) is 12.1 Å². The quantitative estimate of drug-likeness (QED) is 0.468. The van der Waals surface area contributed by atoms with Gasteiger partial charge in [0, 0.05) is 25.7 Å². The Bertz CT molecular complexity index is 1210. The lowest BCUT2D eigenvalue weighted by atomic mass is 10.1. The van der Waals surface area contributed by atoms with E-state index < -0.39 is 11.7 Å². The molecule has 1 aromatic carbocycles. The summed E-state index contributed by atoms with van der Waals surface area (Å²) in [6.45, 7) is 4.16. The van der Waals surface area contributed by atoms with E-state index in [1.54, 1.807) is 36.4 Å². The van der Waals surface area contributed by atoms with Crippen molar-refractivity contribution in [3.8, 4) is 0 Å². The first-order valence-electron chi connectivity index (χ1n) is 9.62. The van der Waals surface area contributed by atoms with Gasteiger partial charge in [-0.3, -0.25) is 4.68 Å². The highest BCUT2D eigenvalue weighted by atomic mass is 19.4. The predicted molar refractivity (Wildman–Crippen MR) is 111 cm³/mol. The van der Waals surface area contributed by atoms with E-state index in [0.29, 0.717) is 34.3 Å². The monoisotopic (exact) mass is 430 g/mol. The largest absolute Gasteiger partial charge is 0.416 e. The van der Waals surface area contributed by atoms with Gasteiger partial charge in [-0.15, -0.1) is 0 Å². The van der Waals surface area contributed by atoms with Crippen LogP contribution < -0.4 is 10.6 Å². The number of anilines is 3. The minimum Gasteiger partial charge on any atom is -0.364 e. The predicted octanol–water partition coefficient (Wildman–Crippen LogP) is 4.52. The first kappa shape index (κ1) is 20.6. The van der Waals surface area contributed by atoms with Crippen LogP contribution in [0, 0.1) is 0 Å². The number of fused-ring (bicyclic) bond motifs is 1. The first-order valence-corrected chi connectivity index (χ1v) is 9.62. The van der Waals surface area contributed by atoms with Crippen molar-refractivity contribution in [2.45, 2.75) is 32.6 Å². The molecule has 0 amide bonds. The van der Waals surface area contributed by atoms with Crippen LogP contribution in [0.3, 0.4) is 0 Å². The molecule has 2 N–H and O–H groups in total. The summed E-state index contributed by atoms with van der Waals surface area (Å²) >= 11 is 0. The zero-order valence-corrected chi connectivity index (χ0v) is 17.1. The molecule has 31 heavy (non-hydrogen) atoms. The van der Waals surface area contributed by atoms with Gasteiger partial charge in [-0.05, 0) is 31.5 Å². The Morgan fingerprint density at radius 1 is 1.13 bits per heavy atom. The molecule has 0 aliphatic rings. The number of nitrogens with zero attached hydrogens (tertiary/aromatic N) is 6. The third-order valence-corrected chi connectivity index (χ3v) is 4.75. The molecule has 162 valence electrons. The van der Waals surface area contributed by atoms with E-state index >= 15 is 0 Å². The summed E-state index contributed by atoms with van der Waals surface area (Å²) in [5, 5.41) is 10.3. The Kier molecular flexibility index (Phi) is 5.25. The van der Waals surface area contributed by atoms with Crippen LogP contribution >= 0.6 is 0 Å². The SMILES string of the molecule is CC(C)n1cnc2c(NCc3cccc(C(F)(F)F)c3)nc(Nc3ccnn3C)nc21. The Morgan fingerprint density at radius 2 is 1.94 bits per heavy atom. The van der Waals surface area contributed by atoms with Crippen molar-refractivity contribution in [3.63, 3.8) is 0 Å². The third kappa shape index (κ3) is 4.30.